The molecule has 0 bridgehead atoms. The molecule has 1 aromatic carbocycles. The highest BCUT2D eigenvalue weighted by Gasteiger charge is 2.14. The lowest BCUT2D eigenvalue weighted by atomic mass is 10.2. The highest BCUT2D eigenvalue weighted by molar-refractivity contribution is 7.93. The maximum atomic E-state index is 12.1. The summed E-state index contributed by atoms with van der Waals surface area (Å²) in [6.07, 6.45) is 4.50. The number of carbonyl (C=O) groups excluding carboxylic acids is 1. The number of nitrogens with zero attached hydrogens (tertiary/aromatic N) is 1. The average Bonchev–Trinajstić information content (AvgIpc) is 2.97. The molecule has 2 aromatic rings. The maximum absolute atomic E-state index is 12.1. The van der Waals surface area contributed by atoms with Gasteiger partial charge in [0, 0.05) is 24.7 Å². The summed E-state index contributed by atoms with van der Waals surface area (Å²) in [5, 5.41) is 4.46. The molecule has 1 amide bonds. The van der Waals surface area contributed by atoms with E-state index < -0.39 is 10.0 Å². The van der Waals surface area contributed by atoms with Crippen molar-refractivity contribution >= 4 is 38.5 Å². The van der Waals surface area contributed by atoms with E-state index in [-0.39, 0.29) is 10.8 Å². The molecular formula is C13H13N3O3S2. The maximum Gasteiger partial charge on any atom is 0.263 e. The quantitative estimate of drug-likeness (QED) is 0.820. The first-order chi connectivity index (χ1) is 10.0. The molecule has 0 fully saturated rings. The van der Waals surface area contributed by atoms with E-state index in [0.29, 0.717) is 5.13 Å². The zero-order valence-corrected chi connectivity index (χ0v) is 12.7. The van der Waals surface area contributed by atoms with Crippen LogP contribution in [0, 0.1) is 0 Å². The number of anilines is 1. The zero-order valence-electron chi connectivity index (χ0n) is 11.1. The SMILES string of the molecule is CNC(=O)/C=C/c1ccc(S(=O)(=O)Nc2nccs2)cc1. The van der Waals surface area contributed by atoms with Crippen molar-refractivity contribution in [3.05, 3.63) is 47.5 Å². The van der Waals surface area contributed by atoms with Crippen molar-refractivity contribution in [2.45, 2.75) is 4.90 Å². The first-order valence-corrected chi connectivity index (χ1v) is 8.30. The summed E-state index contributed by atoms with van der Waals surface area (Å²) >= 11 is 1.20. The van der Waals surface area contributed by atoms with Crippen molar-refractivity contribution in [1.82, 2.24) is 10.3 Å². The first kappa shape index (κ1) is 15.2. The van der Waals surface area contributed by atoms with Crippen LogP contribution in [0.5, 0.6) is 0 Å². The van der Waals surface area contributed by atoms with Gasteiger partial charge in [-0.2, -0.15) is 0 Å². The van der Waals surface area contributed by atoms with Gasteiger partial charge in [-0.3, -0.25) is 9.52 Å². The number of hydrogen-bond donors (Lipinski definition) is 2. The second kappa shape index (κ2) is 6.51. The molecule has 0 unspecified atom stereocenters. The fraction of sp³-hybridized carbons (Fsp3) is 0.0769. The Labute approximate surface area is 126 Å². The predicted molar refractivity (Wildman–Crippen MR) is 82.5 cm³/mol. The lowest BCUT2D eigenvalue weighted by Crippen LogP contribution is -2.14. The zero-order chi connectivity index (χ0) is 15.3. The van der Waals surface area contributed by atoms with Gasteiger partial charge in [0.1, 0.15) is 0 Å². The van der Waals surface area contributed by atoms with Crippen LogP contribution in [0.25, 0.3) is 6.08 Å². The van der Waals surface area contributed by atoms with Gasteiger partial charge < -0.3 is 5.32 Å². The van der Waals surface area contributed by atoms with E-state index >= 15 is 0 Å². The Balaban J connectivity index is 2.14. The number of hydrogen-bond acceptors (Lipinski definition) is 5. The molecule has 1 aromatic heterocycles. The van der Waals surface area contributed by atoms with Crippen molar-refractivity contribution in [2.24, 2.45) is 0 Å². The summed E-state index contributed by atoms with van der Waals surface area (Å²) in [5.41, 5.74) is 0.729. The average molecular weight is 323 g/mol. The normalized spacial score (nSPS) is 11.5. The number of rotatable bonds is 5. The summed E-state index contributed by atoms with van der Waals surface area (Å²) in [4.78, 5) is 15.1. The van der Waals surface area contributed by atoms with Gasteiger partial charge in [-0.1, -0.05) is 12.1 Å². The molecule has 110 valence electrons. The molecule has 0 aliphatic carbocycles. The highest BCUT2D eigenvalue weighted by atomic mass is 32.2. The lowest BCUT2D eigenvalue weighted by molar-refractivity contribution is -0.115. The minimum Gasteiger partial charge on any atom is -0.356 e. The Kier molecular flexibility index (Phi) is 4.71. The fourth-order valence-electron chi connectivity index (χ4n) is 1.46. The van der Waals surface area contributed by atoms with E-state index in [1.165, 1.54) is 42.8 Å². The van der Waals surface area contributed by atoms with E-state index in [0.717, 1.165) is 5.56 Å². The third-order valence-electron chi connectivity index (χ3n) is 2.52. The summed E-state index contributed by atoms with van der Waals surface area (Å²) < 4.78 is 26.6. The Bertz CT molecular complexity index is 735. The van der Waals surface area contributed by atoms with Crippen molar-refractivity contribution in [3.8, 4) is 0 Å². The molecule has 0 saturated carbocycles. The molecule has 8 heteroatoms. The Hall–Kier alpha value is -2.19. The van der Waals surface area contributed by atoms with Gasteiger partial charge in [0.15, 0.2) is 5.13 Å². The van der Waals surface area contributed by atoms with Crippen LogP contribution in [0.2, 0.25) is 0 Å². The highest BCUT2D eigenvalue weighted by Crippen LogP contribution is 2.18. The van der Waals surface area contributed by atoms with Crippen LogP contribution < -0.4 is 10.0 Å². The molecule has 0 saturated heterocycles. The number of benzene rings is 1. The molecule has 0 aliphatic rings. The van der Waals surface area contributed by atoms with Crippen LogP contribution in [-0.4, -0.2) is 26.4 Å². The Morgan fingerprint density at radius 3 is 2.57 bits per heavy atom. The predicted octanol–water partition coefficient (Wildman–Crippen LogP) is 1.70. The second-order valence-corrected chi connectivity index (χ2v) is 6.54. The minimum atomic E-state index is -3.64. The molecule has 2 N–H and O–H groups in total. The van der Waals surface area contributed by atoms with Crippen LogP contribution in [-0.2, 0) is 14.8 Å². The monoisotopic (exact) mass is 323 g/mol. The van der Waals surface area contributed by atoms with Crippen molar-refractivity contribution < 1.29 is 13.2 Å². The Morgan fingerprint density at radius 2 is 2.00 bits per heavy atom. The van der Waals surface area contributed by atoms with Crippen LogP contribution in [0.3, 0.4) is 0 Å². The fourth-order valence-corrected chi connectivity index (χ4v) is 3.25. The standard InChI is InChI=1S/C13H13N3O3S2/c1-14-12(17)7-4-10-2-5-11(6-3-10)21(18,19)16-13-15-8-9-20-13/h2-9H,1H3,(H,14,17)(H,15,16)/b7-4+. The van der Waals surface area contributed by atoms with Gasteiger partial charge in [-0.15, -0.1) is 11.3 Å². The number of sulfonamides is 1. The number of nitrogens with one attached hydrogen (secondary N) is 2. The van der Waals surface area contributed by atoms with Crippen LogP contribution in [0.15, 0.2) is 46.8 Å². The second-order valence-electron chi connectivity index (χ2n) is 3.96. The van der Waals surface area contributed by atoms with Crippen LogP contribution >= 0.6 is 11.3 Å². The first-order valence-electron chi connectivity index (χ1n) is 5.93. The molecule has 0 aliphatic heterocycles. The molecule has 0 spiro atoms. The third kappa shape index (κ3) is 4.14. The van der Waals surface area contributed by atoms with Crippen LogP contribution in [0.4, 0.5) is 5.13 Å². The van der Waals surface area contributed by atoms with E-state index in [1.807, 2.05) is 0 Å². The van der Waals surface area contributed by atoms with Crippen molar-refractivity contribution in [1.29, 1.82) is 0 Å². The van der Waals surface area contributed by atoms with Gasteiger partial charge >= 0.3 is 0 Å². The topological polar surface area (TPSA) is 88.2 Å². The molecule has 21 heavy (non-hydrogen) atoms. The van der Waals surface area contributed by atoms with E-state index in [1.54, 1.807) is 23.6 Å². The van der Waals surface area contributed by atoms with Gasteiger partial charge in [-0.25, -0.2) is 13.4 Å². The number of amides is 1. The summed E-state index contributed by atoms with van der Waals surface area (Å²) in [6, 6.07) is 6.19. The minimum absolute atomic E-state index is 0.134. The van der Waals surface area contributed by atoms with Crippen molar-refractivity contribution in [2.75, 3.05) is 11.8 Å². The lowest BCUT2D eigenvalue weighted by Gasteiger charge is -2.05. The molecular weight excluding hydrogens is 310 g/mol. The molecule has 1 heterocycles. The van der Waals surface area contributed by atoms with E-state index in [9.17, 15) is 13.2 Å². The molecule has 0 radical (unpaired) electrons. The molecule has 0 atom stereocenters. The van der Waals surface area contributed by atoms with E-state index in [2.05, 4.69) is 15.0 Å². The van der Waals surface area contributed by atoms with Gasteiger partial charge in [0.25, 0.3) is 10.0 Å². The number of likely N-dealkylation sites (N-methyl/N-ethyl adjacent to an activating group) is 1. The van der Waals surface area contributed by atoms with Gasteiger partial charge in [0.05, 0.1) is 4.90 Å². The van der Waals surface area contributed by atoms with Gasteiger partial charge in [0.2, 0.25) is 5.91 Å². The third-order valence-corrected chi connectivity index (χ3v) is 4.69. The van der Waals surface area contributed by atoms with Crippen LogP contribution in [0.1, 0.15) is 5.56 Å². The molecule has 6 nitrogen and oxygen atoms in total. The number of carbonyl (C=O) groups is 1. The summed E-state index contributed by atoms with van der Waals surface area (Å²) in [6.45, 7) is 0. The molecule has 2 rings (SSSR count). The summed E-state index contributed by atoms with van der Waals surface area (Å²) in [7, 11) is -2.11. The van der Waals surface area contributed by atoms with E-state index in [4.69, 9.17) is 0 Å². The van der Waals surface area contributed by atoms with Gasteiger partial charge in [-0.05, 0) is 23.8 Å². The summed E-state index contributed by atoms with van der Waals surface area (Å²) in [5.74, 6) is -0.225. The Morgan fingerprint density at radius 1 is 1.29 bits per heavy atom. The largest absolute Gasteiger partial charge is 0.356 e. The number of aromatic nitrogens is 1. The van der Waals surface area contributed by atoms with Crippen molar-refractivity contribution in [3.63, 3.8) is 0 Å². The smallest absolute Gasteiger partial charge is 0.263 e. The number of thiazole rings is 1.